The minimum atomic E-state index is -0.176. The second-order valence-electron chi connectivity index (χ2n) is 3.81. The van der Waals surface area contributed by atoms with Gasteiger partial charge in [0.25, 0.3) is 11.1 Å². The van der Waals surface area contributed by atoms with Crippen molar-refractivity contribution in [1.82, 2.24) is 14.0 Å². The molecule has 0 N–H and O–H groups in total. The Morgan fingerprint density at radius 1 is 1.12 bits per heavy atom. The van der Waals surface area contributed by atoms with Gasteiger partial charge in [-0.05, 0) is 18.2 Å². The van der Waals surface area contributed by atoms with Crippen molar-refractivity contribution in [3.63, 3.8) is 0 Å². The first-order valence-electron chi connectivity index (χ1n) is 5.15. The summed E-state index contributed by atoms with van der Waals surface area (Å²) in [5.74, 6) is 0. The van der Waals surface area contributed by atoms with Crippen molar-refractivity contribution in [2.24, 2.45) is 7.05 Å². The lowest BCUT2D eigenvalue weighted by atomic mass is 10.3. The summed E-state index contributed by atoms with van der Waals surface area (Å²) in [5, 5.41) is 0.441. The summed E-state index contributed by atoms with van der Waals surface area (Å²) in [6.45, 7) is 0. The molecule has 0 radical (unpaired) electrons. The average Bonchev–Trinajstić information content (AvgIpc) is 2.35. The number of pyridine rings is 2. The molecule has 0 aliphatic carbocycles. The predicted molar refractivity (Wildman–Crippen MR) is 64.2 cm³/mol. The highest BCUT2D eigenvalue weighted by atomic mass is 16.1. The molecule has 0 bridgehead atoms. The topological polar surface area (TPSA) is 56.4 Å². The van der Waals surface area contributed by atoms with Crippen LogP contribution in [0.5, 0.6) is 0 Å². The van der Waals surface area contributed by atoms with E-state index in [1.54, 1.807) is 31.4 Å². The van der Waals surface area contributed by atoms with E-state index >= 15 is 0 Å². The van der Waals surface area contributed by atoms with Gasteiger partial charge in [0.15, 0.2) is 5.65 Å². The SMILES string of the molecule is Cn1c(=O)ccc2c(=O)n3ccccc3nc21. The molecule has 84 valence electrons. The van der Waals surface area contributed by atoms with Gasteiger partial charge in [-0.15, -0.1) is 0 Å². The molecule has 0 fully saturated rings. The molecule has 3 aromatic heterocycles. The molecule has 0 spiro atoms. The molecular formula is C12H9N3O2. The fourth-order valence-corrected chi connectivity index (χ4v) is 1.86. The molecule has 0 aliphatic heterocycles. The van der Waals surface area contributed by atoms with Crippen LogP contribution in [0.1, 0.15) is 0 Å². The maximum absolute atomic E-state index is 12.2. The molecule has 0 unspecified atom stereocenters. The molecule has 0 amide bonds. The second kappa shape index (κ2) is 3.28. The van der Waals surface area contributed by atoms with E-state index in [0.717, 1.165) is 0 Å². The van der Waals surface area contributed by atoms with Crippen molar-refractivity contribution >= 4 is 16.7 Å². The van der Waals surface area contributed by atoms with E-state index in [4.69, 9.17) is 0 Å². The first kappa shape index (κ1) is 9.77. The number of nitrogens with zero attached hydrogens (tertiary/aromatic N) is 3. The zero-order valence-electron chi connectivity index (χ0n) is 9.12. The molecule has 3 aromatic rings. The van der Waals surface area contributed by atoms with Crippen LogP contribution in [-0.2, 0) is 7.05 Å². The van der Waals surface area contributed by atoms with Gasteiger partial charge in [-0.3, -0.25) is 18.6 Å². The molecule has 0 atom stereocenters. The van der Waals surface area contributed by atoms with Crippen LogP contribution in [0.2, 0.25) is 0 Å². The van der Waals surface area contributed by atoms with E-state index in [1.165, 1.54) is 21.1 Å². The van der Waals surface area contributed by atoms with Crippen LogP contribution in [0.15, 0.2) is 46.1 Å². The molecular weight excluding hydrogens is 218 g/mol. The Hall–Kier alpha value is -2.43. The van der Waals surface area contributed by atoms with Crippen LogP contribution in [0.25, 0.3) is 16.7 Å². The van der Waals surface area contributed by atoms with Crippen LogP contribution in [0.4, 0.5) is 0 Å². The standard InChI is InChI=1S/C12H9N3O2/c1-14-10(16)6-5-8-11(14)13-9-4-2-3-7-15(9)12(8)17/h2-7H,1H3. The zero-order valence-corrected chi connectivity index (χ0v) is 9.12. The highest BCUT2D eigenvalue weighted by Gasteiger charge is 2.07. The number of fused-ring (bicyclic) bond motifs is 2. The molecule has 17 heavy (non-hydrogen) atoms. The lowest BCUT2D eigenvalue weighted by molar-refractivity contribution is 0.882. The monoisotopic (exact) mass is 227 g/mol. The summed E-state index contributed by atoms with van der Waals surface area (Å²) in [6.07, 6.45) is 1.66. The molecule has 0 saturated heterocycles. The maximum Gasteiger partial charge on any atom is 0.267 e. The van der Waals surface area contributed by atoms with E-state index in [0.29, 0.717) is 16.7 Å². The highest BCUT2D eigenvalue weighted by Crippen LogP contribution is 2.05. The van der Waals surface area contributed by atoms with E-state index < -0.39 is 0 Å². The van der Waals surface area contributed by atoms with Crippen LogP contribution >= 0.6 is 0 Å². The average molecular weight is 227 g/mol. The van der Waals surface area contributed by atoms with Gasteiger partial charge in [-0.2, -0.15) is 0 Å². The van der Waals surface area contributed by atoms with Gasteiger partial charge in [-0.25, -0.2) is 4.98 Å². The molecule has 0 aromatic carbocycles. The summed E-state index contributed by atoms with van der Waals surface area (Å²) in [6, 6.07) is 8.20. The zero-order chi connectivity index (χ0) is 12.0. The van der Waals surface area contributed by atoms with Crippen LogP contribution in [0, 0.1) is 0 Å². The van der Waals surface area contributed by atoms with Gasteiger partial charge in [0.05, 0.1) is 5.39 Å². The van der Waals surface area contributed by atoms with E-state index in [2.05, 4.69) is 4.98 Å². The summed E-state index contributed by atoms with van der Waals surface area (Å²) < 4.78 is 2.84. The summed E-state index contributed by atoms with van der Waals surface area (Å²) in [7, 11) is 1.61. The Morgan fingerprint density at radius 2 is 1.94 bits per heavy atom. The number of hydrogen-bond donors (Lipinski definition) is 0. The normalized spacial score (nSPS) is 11.1. The van der Waals surface area contributed by atoms with Gasteiger partial charge < -0.3 is 0 Å². The Kier molecular flexibility index (Phi) is 1.89. The molecule has 3 heterocycles. The first-order chi connectivity index (χ1) is 8.18. The smallest absolute Gasteiger partial charge is 0.267 e. The Labute approximate surface area is 95.6 Å². The fraction of sp³-hybridized carbons (Fsp3) is 0.0833. The summed E-state index contributed by atoms with van der Waals surface area (Å²) >= 11 is 0. The Balaban J connectivity index is 2.69. The minimum Gasteiger partial charge on any atom is -0.296 e. The highest BCUT2D eigenvalue weighted by molar-refractivity contribution is 5.76. The van der Waals surface area contributed by atoms with E-state index in [9.17, 15) is 9.59 Å². The third-order valence-electron chi connectivity index (χ3n) is 2.79. The largest absolute Gasteiger partial charge is 0.296 e. The number of aromatic nitrogens is 3. The van der Waals surface area contributed by atoms with Gasteiger partial charge >= 0.3 is 0 Å². The van der Waals surface area contributed by atoms with Crippen LogP contribution in [0.3, 0.4) is 0 Å². The van der Waals surface area contributed by atoms with Crippen LogP contribution < -0.4 is 11.1 Å². The van der Waals surface area contributed by atoms with Crippen LogP contribution in [-0.4, -0.2) is 14.0 Å². The Morgan fingerprint density at radius 3 is 2.76 bits per heavy atom. The number of aryl methyl sites for hydroxylation is 1. The van der Waals surface area contributed by atoms with E-state index in [-0.39, 0.29) is 11.1 Å². The van der Waals surface area contributed by atoms with Crippen molar-refractivity contribution in [3.05, 3.63) is 57.2 Å². The van der Waals surface area contributed by atoms with Crippen molar-refractivity contribution in [3.8, 4) is 0 Å². The fourth-order valence-electron chi connectivity index (χ4n) is 1.86. The van der Waals surface area contributed by atoms with Gasteiger partial charge in [0.2, 0.25) is 0 Å². The predicted octanol–water partition coefficient (Wildman–Crippen LogP) is 0.546. The molecule has 3 rings (SSSR count). The second-order valence-corrected chi connectivity index (χ2v) is 3.81. The first-order valence-corrected chi connectivity index (χ1v) is 5.15. The lowest BCUT2D eigenvalue weighted by Crippen LogP contribution is -2.22. The van der Waals surface area contributed by atoms with Crippen molar-refractivity contribution in [1.29, 1.82) is 0 Å². The maximum atomic E-state index is 12.2. The van der Waals surface area contributed by atoms with E-state index in [1.807, 2.05) is 0 Å². The lowest BCUT2D eigenvalue weighted by Gasteiger charge is -2.05. The molecule has 0 aliphatic rings. The third-order valence-corrected chi connectivity index (χ3v) is 2.79. The Bertz CT molecular complexity index is 846. The van der Waals surface area contributed by atoms with Crippen molar-refractivity contribution in [2.45, 2.75) is 0 Å². The number of hydrogen-bond acceptors (Lipinski definition) is 3. The van der Waals surface area contributed by atoms with Gasteiger partial charge in [0, 0.05) is 19.3 Å². The summed E-state index contributed by atoms with van der Waals surface area (Å²) in [4.78, 5) is 28.0. The van der Waals surface area contributed by atoms with Gasteiger partial charge in [0.1, 0.15) is 5.65 Å². The molecule has 0 saturated carbocycles. The van der Waals surface area contributed by atoms with Gasteiger partial charge in [-0.1, -0.05) is 6.07 Å². The molecule has 5 heteroatoms. The quantitative estimate of drug-likeness (QED) is 0.527. The summed E-state index contributed by atoms with van der Waals surface area (Å²) in [5.41, 5.74) is 0.603. The minimum absolute atomic E-state index is 0.166. The van der Waals surface area contributed by atoms with Crippen molar-refractivity contribution < 1.29 is 0 Å². The van der Waals surface area contributed by atoms with Crippen molar-refractivity contribution in [2.75, 3.05) is 0 Å². The number of rotatable bonds is 0. The molecule has 5 nitrogen and oxygen atoms in total. The third kappa shape index (κ3) is 1.29.